The topological polar surface area (TPSA) is 298 Å². The minimum Gasteiger partial charge on any atom is -0.444 e. The molecule has 6 saturated heterocycles. The van der Waals surface area contributed by atoms with Crippen LogP contribution in [0.5, 0.6) is 0 Å². The van der Waals surface area contributed by atoms with Crippen molar-refractivity contribution in [2.24, 2.45) is 10.8 Å². The molecule has 6 fully saturated rings. The fourth-order valence-electron chi connectivity index (χ4n) is 13.8. The first kappa shape index (κ1) is 82.4. The van der Waals surface area contributed by atoms with Gasteiger partial charge in [0.05, 0.1) is 73.6 Å². The lowest BCUT2D eigenvalue weighted by Gasteiger charge is -2.29. The van der Waals surface area contributed by atoms with E-state index in [1.165, 1.54) is 33.8 Å². The lowest BCUT2D eigenvalue weighted by molar-refractivity contribution is -0.134. The third kappa shape index (κ3) is 25.7. The second-order valence-corrected chi connectivity index (χ2v) is 30.8. The summed E-state index contributed by atoms with van der Waals surface area (Å²) >= 11 is 3.17. The average Bonchev–Trinajstić information content (AvgIpc) is 1.69. The van der Waals surface area contributed by atoms with Gasteiger partial charge in [-0.2, -0.15) is 0 Å². The molecule has 4 aromatic rings. The molecule has 2 aliphatic carbocycles. The summed E-state index contributed by atoms with van der Waals surface area (Å²) in [5.74, 6) is 3.13. The molecule has 0 aromatic carbocycles. The number of rotatable bonds is 18. The molecule has 6 atom stereocenters. The Kier molecular flexibility index (Phi) is 34.0. The minimum atomic E-state index is -0.0783. The van der Waals surface area contributed by atoms with Crippen molar-refractivity contribution >= 4 is 58.1 Å². The molecule has 8 aliphatic rings. The maximum atomic E-state index is 12.4. The van der Waals surface area contributed by atoms with Gasteiger partial charge in [0.1, 0.15) is 16.3 Å². The van der Waals surface area contributed by atoms with Gasteiger partial charge in [0.15, 0.2) is 5.89 Å². The number of carbonyl (C=O) groups is 6. The summed E-state index contributed by atoms with van der Waals surface area (Å²) in [6.45, 7) is 21.4. The molecule has 0 spiro atoms. The van der Waals surface area contributed by atoms with Gasteiger partial charge in [-0.15, -0.1) is 43.1 Å². The van der Waals surface area contributed by atoms with Crippen molar-refractivity contribution in [3.8, 4) is 0 Å². The van der Waals surface area contributed by atoms with Gasteiger partial charge in [0.25, 0.3) is 0 Å². The van der Waals surface area contributed by atoms with E-state index in [4.69, 9.17) is 8.83 Å². The summed E-state index contributed by atoms with van der Waals surface area (Å²) in [7, 11) is 11.1. The summed E-state index contributed by atoms with van der Waals surface area (Å²) in [6.07, 6.45) is 36.7. The van der Waals surface area contributed by atoms with E-state index in [1.807, 2.05) is 86.8 Å². The fraction of sp³-hybridized carbons (Fsp3) is 0.676. The molecule has 6 amide bonds. The standard InChI is InChI=1S/2C15H24N2O.C12H19N3O2.C12H19N3OS.C10H16N4O2.C10H16N4OS/c1-15(2)9-6-7-12(15)11-17-10-5-4-8-13(16-3)14(17)18;1-15(2)8-7-12(10-15)11-17-9-5-4-6-13(16-3)14(17)18;2*1-9-14-7-10(17-9)8-15-6-4-3-5-11(13-2)12(15)16;2*1-11-8-4-2-3-5-14(10(8)15)6-9-13-12-7-16-9/h6-7,9,13,16H,4-5,8,10-11H2,1-3H3;7-8,10,13,16H,4-6,9,11H2,1-3H3;2*7,11,13H,3-6,8H2,1-2H3;2*7-8,11H,2-6H2,1H3. The molecular formula is C74H118N18O8S2. The number of hydrogen-bond donors (Lipinski definition) is 6. The normalized spacial score (nSPS) is 23.8. The number of allylic oxidation sites excluding steroid dienone is 5. The van der Waals surface area contributed by atoms with E-state index < -0.39 is 0 Å². The molecule has 0 saturated carbocycles. The molecule has 6 aliphatic heterocycles. The maximum absolute atomic E-state index is 12.4. The van der Waals surface area contributed by atoms with Crippen LogP contribution in [-0.2, 0) is 54.9 Å². The van der Waals surface area contributed by atoms with Gasteiger partial charge in [0, 0.05) is 81.2 Å². The van der Waals surface area contributed by atoms with Crippen molar-refractivity contribution in [3.63, 3.8) is 0 Å². The van der Waals surface area contributed by atoms with Crippen LogP contribution < -0.4 is 31.9 Å². The van der Waals surface area contributed by atoms with Crippen molar-refractivity contribution in [2.75, 3.05) is 94.6 Å². The summed E-state index contributed by atoms with van der Waals surface area (Å²) in [6, 6.07) is -0.161. The van der Waals surface area contributed by atoms with Gasteiger partial charge in [-0.3, -0.25) is 28.8 Å². The molecular weight excluding hydrogens is 1330 g/mol. The van der Waals surface area contributed by atoms with Crippen molar-refractivity contribution < 1.29 is 37.6 Å². The maximum Gasteiger partial charge on any atom is 0.240 e. The molecule has 12 rings (SSSR count). The summed E-state index contributed by atoms with van der Waals surface area (Å²) in [5, 5.41) is 35.7. The fourth-order valence-corrected chi connectivity index (χ4v) is 15.1. The van der Waals surface area contributed by atoms with Crippen molar-refractivity contribution in [3.05, 3.63) is 104 Å². The van der Waals surface area contributed by atoms with Gasteiger partial charge < -0.3 is 70.1 Å². The van der Waals surface area contributed by atoms with E-state index in [0.29, 0.717) is 38.0 Å². The number of hydrogen-bond acceptors (Lipinski definition) is 22. The number of nitrogens with one attached hydrogen (secondary N) is 6. The molecule has 4 aromatic heterocycles. The van der Waals surface area contributed by atoms with E-state index in [9.17, 15) is 28.8 Å². The Balaban J connectivity index is 0.000000172. The molecule has 564 valence electrons. The van der Waals surface area contributed by atoms with Gasteiger partial charge in [-0.1, -0.05) is 64.2 Å². The highest BCUT2D eigenvalue weighted by Gasteiger charge is 2.34. The Labute approximate surface area is 613 Å². The zero-order valence-electron chi connectivity index (χ0n) is 62.9. The molecule has 6 N–H and O–H groups in total. The third-order valence-corrected chi connectivity index (χ3v) is 21.5. The number of carbonyl (C=O) groups excluding carboxylic acids is 6. The monoisotopic (exact) mass is 1450 g/mol. The van der Waals surface area contributed by atoms with Crippen LogP contribution in [0.1, 0.15) is 176 Å². The van der Waals surface area contributed by atoms with Crippen LogP contribution in [0.4, 0.5) is 0 Å². The van der Waals surface area contributed by atoms with Gasteiger partial charge in [0.2, 0.25) is 47.7 Å². The van der Waals surface area contributed by atoms with Crippen LogP contribution in [0.25, 0.3) is 0 Å². The van der Waals surface area contributed by atoms with E-state index >= 15 is 0 Å². The van der Waals surface area contributed by atoms with E-state index in [1.54, 1.807) is 27.9 Å². The van der Waals surface area contributed by atoms with Gasteiger partial charge in [-0.05, 0) is 176 Å². The second kappa shape index (κ2) is 42.1. The predicted molar refractivity (Wildman–Crippen MR) is 399 cm³/mol. The highest BCUT2D eigenvalue weighted by Crippen LogP contribution is 2.34. The van der Waals surface area contributed by atoms with E-state index in [-0.39, 0.29) is 82.5 Å². The number of aromatic nitrogens is 6. The molecule has 0 radical (unpaired) electrons. The Hall–Kier alpha value is -6.92. The van der Waals surface area contributed by atoms with Crippen molar-refractivity contribution in [1.29, 1.82) is 0 Å². The quantitative estimate of drug-likeness (QED) is 0.0557. The highest BCUT2D eigenvalue weighted by atomic mass is 32.1. The number of likely N-dealkylation sites (tertiary alicyclic amines) is 6. The van der Waals surface area contributed by atoms with Crippen LogP contribution in [-0.4, -0.2) is 226 Å². The van der Waals surface area contributed by atoms with E-state index in [0.717, 1.165) is 184 Å². The summed E-state index contributed by atoms with van der Waals surface area (Å²) in [5.41, 5.74) is 4.55. The third-order valence-electron chi connectivity index (χ3n) is 19.9. The number of amides is 6. The lowest BCUT2D eigenvalue weighted by atomic mass is 9.87. The Morgan fingerprint density at radius 2 is 0.922 bits per heavy atom. The predicted octanol–water partition coefficient (Wildman–Crippen LogP) is 7.66. The Bertz CT molecular complexity index is 3210. The average molecular weight is 1450 g/mol. The number of oxazole rings is 1. The second-order valence-electron chi connectivity index (χ2n) is 28.6. The molecule has 10 heterocycles. The van der Waals surface area contributed by atoms with Crippen LogP contribution >= 0.6 is 22.7 Å². The largest absolute Gasteiger partial charge is 0.444 e. The summed E-state index contributed by atoms with van der Waals surface area (Å²) < 4.78 is 10.5. The molecule has 6 unspecified atom stereocenters. The molecule has 28 heteroatoms. The van der Waals surface area contributed by atoms with Crippen LogP contribution in [0.2, 0.25) is 0 Å². The van der Waals surface area contributed by atoms with Gasteiger partial charge >= 0.3 is 0 Å². The number of thiazole rings is 1. The summed E-state index contributed by atoms with van der Waals surface area (Å²) in [4.78, 5) is 94.3. The first-order valence-corrected chi connectivity index (χ1v) is 38.7. The van der Waals surface area contributed by atoms with Crippen LogP contribution in [0.3, 0.4) is 0 Å². The van der Waals surface area contributed by atoms with Crippen LogP contribution in [0.15, 0.2) is 80.7 Å². The number of aryl methyl sites for hydroxylation is 2. The van der Waals surface area contributed by atoms with Crippen molar-refractivity contribution in [2.45, 2.75) is 220 Å². The first-order chi connectivity index (χ1) is 49.1. The molecule has 0 bridgehead atoms. The minimum absolute atomic E-state index is 0.00516. The Morgan fingerprint density at radius 1 is 0.490 bits per heavy atom. The zero-order chi connectivity index (χ0) is 73.6. The SMILES string of the molecule is CNC1CCCCN(CC2=CC(C)(C)C=C2)C1=O.CNC1CCCCN(CC2=CC=CC2(C)C)C1=O.CNC1CCCCN(Cc2cnc(C)o2)C1=O.CNC1CCCCN(Cc2cnc(C)s2)C1=O.CNC1CCCCN(Cc2nnco2)C1=O.CNC1CCCCN(Cc2nncs2)C1=O. The number of likely N-dealkylation sites (N-methyl/N-ethyl adjacent to an activating group) is 6. The highest BCUT2D eigenvalue weighted by molar-refractivity contribution is 7.11. The van der Waals surface area contributed by atoms with E-state index in [2.05, 4.69) is 126 Å². The molecule has 102 heavy (non-hydrogen) atoms. The zero-order valence-corrected chi connectivity index (χ0v) is 64.5. The molecule has 26 nitrogen and oxygen atoms in total. The van der Waals surface area contributed by atoms with Crippen LogP contribution in [0, 0.1) is 24.7 Å². The number of nitrogens with zero attached hydrogens (tertiary/aromatic N) is 12. The van der Waals surface area contributed by atoms with Crippen molar-refractivity contribution in [1.82, 2.24) is 91.7 Å². The van der Waals surface area contributed by atoms with Gasteiger partial charge in [-0.25, -0.2) is 9.97 Å². The smallest absolute Gasteiger partial charge is 0.240 e. The first-order valence-electron chi connectivity index (χ1n) is 37.0. The Morgan fingerprint density at radius 3 is 1.27 bits per heavy atom. The lowest BCUT2D eigenvalue weighted by Crippen LogP contribution is -2.45.